The highest BCUT2D eigenvalue weighted by atomic mass is 35.5. The molecule has 0 atom stereocenters. The smallest absolute Gasteiger partial charge is 0.339 e. The molecule has 0 aliphatic heterocycles. The van der Waals surface area contributed by atoms with Gasteiger partial charge in [-0.3, -0.25) is 0 Å². The summed E-state index contributed by atoms with van der Waals surface area (Å²) >= 11 is 5.79. The summed E-state index contributed by atoms with van der Waals surface area (Å²) in [5.74, 6) is -0.668. The summed E-state index contributed by atoms with van der Waals surface area (Å²) in [5.41, 5.74) is 0.147. The van der Waals surface area contributed by atoms with E-state index in [1.54, 1.807) is 0 Å². The number of carbonyl (C=O) groups is 1. The van der Waals surface area contributed by atoms with Gasteiger partial charge in [0.25, 0.3) is 0 Å². The van der Waals surface area contributed by atoms with Gasteiger partial charge in [0.2, 0.25) is 0 Å². The Bertz CT molecular complexity index is 452. The third kappa shape index (κ3) is 5.35. The second kappa shape index (κ2) is 8.07. The van der Waals surface area contributed by atoms with Gasteiger partial charge >= 0.3 is 5.97 Å². The number of unbranched alkanes of at least 4 members (excludes halogenated alkanes) is 1. The largest absolute Gasteiger partial charge is 0.478 e. The van der Waals surface area contributed by atoms with Gasteiger partial charge in [0.05, 0.1) is 0 Å². The number of aromatic nitrogens is 1. The summed E-state index contributed by atoms with van der Waals surface area (Å²) < 4.78 is 0. The predicted octanol–water partition coefficient (Wildman–Crippen LogP) is 2.97. The van der Waals surface area contributed by atoms with E-state index in [2.05, 4.69) is 36.1 Å². The predicted molar refractivity (Wildman–Crippen MR) is 81.7 cm³/mol. The van der Waals surface area contributed by atoms with Crippen LogP contribution in [0, 0.1) is 0 Å². The maximum absolute atomic E-state index is 11.1. The molecule has 1 aromatic rings. The highest BCUT2D eigenvalue weighted by Crippen LogP contribution is 2.16. The average molecular weight is 300 g/mol. The Morgan fingerprint density at radius 1 is 1.45 bits per heavy atom. The maximum atomic E-state index is 11.1. The van der Waals surface area contributed by atoms with Crippen molar-refractivity contribution in [3.05, 3.63) is 22.8 Å². The van der Waals surface area contributed by atoms with Gasteiger partial charge in [-0.05, 0) is 52.4 Å². The first-order valence-corrected chi connectivity index (χ1v) is 7.13. The first-order chi connectivity index (χ1) is 9.41. The highest BCUT2D eigenvalue weighted by molar-refractivity contribution is 6.29. The van der Waals surface area contributed by atoms with E-state index < -0.39 is 5.97 Å². The normalized spacial score (nSPS) is 11.1. The number of anilines is 1. The van der Waals surface area contributed by atoms with Crippen molar-refractivity contribution in [2.75, 3.05) is 25.5 Å². The highest BCUT2D eigenvalue weighted by Gasteiger charge is 2.11. The third-order valence-corrected chi connectivity index (χ3v) is 3.41. The number of rotatable bonds is 8. The van der Waals surface area contributed by atoms with Crippen LogP contribution in [0.3, 0.4) is 0 Å². The van der Waals surface area contributed by atoms with Gasteiger partial charge < -0.3 is 15.3 Å². The lowest BCUT2D eigenvalue weighted by Gasteiger charge is -2.20. The summed E-state index contributed by atoms with van der Waals surface area (Å²) in [7, 11) is 2.10. The number of pyridine rings is 1. The summed E-state index contributed by atoms with van der Waals surface area (Å²) in [6, 6.07) is 3.48. The van der Waals surface area contributed by atoms with E-state index in [1.165, 1.54) is 12.1 Å². The fourth-order valence-electron chi connectivity index (χ4n) is 1.69. The first-order valence-electron chi connectivity index (χ1n) is 6.75. The van der Waals surface area contributed by atoms with Crippen LogP contribution in [-0.4, -0.2) is 47.1 Å². The Kier molecular flexibility index (Phi) is 6.75. The van der Waals surface area contributed by atoms with Crippen molar-refractivity contribution in [3.63, 3.8) is 0 Å². The minimum Gasteiger partial charge on any atom is -0.478 e. The molecule has 1 aromatic heterocycles. The molecule has 5 nitrogen and oxygen atoms in total. The molecule has 0 spiro atoms. The Balaban J connectivity index is 2.42. The summed E-state index contributed by atoms with van der Waals surface area (Å²) in [5, 5.41) is 12.4. The number of aromatic carboxylic acids is 1. The van der Waals surface area contributed by atoms with Crippen molar-refractivity contribution in [1.29, 1.82) is 0 Å². The second-order valence-corrected chi connectivity index (χ2v) is 5.43. The standard InChI is InChI=1S/C14H22ClN3O2/c1-10(2)18(3)9-5-4-8-16-13-11(14(19)20)6-7-12(15)17-13/h6-7,10H,4-5,8-9H2,1-3H3,(H,16,17)(H,19,20). The fourth-order valence-corrected chi connectivity index (χ4v) is 1.84. The van der Waals surface area contributed by atoms with E-state index in [9.17, 15) is 4.79 Å². The summed E-state index contributed by atoms with van der Waals surface area (Å²) in [4.78, 5) is 17.4. The van der Waals surface area contributed by atoms with Gasteiger partial charge in [0.15, 0.2) is 0 Å². The van der Waals surface area contributed by atoms with E-state index in [-0.39, 0.29) is 10.7 Å². The SMILES string of the molecule is CC(C)N(C)CCCCNc1nc(Cl)ccc1C(=O)O. The molecule has 1 rings (SSSR count). The number of halogens is 1. The molecule has 1 heterocycles. The van der Waals surface area contributed by atoms with Crippen LogP contribution in [0.2, 0.25) is 5.15 Å². The van der Waals surface area contributed by atoms with Gasteiger partial charge in [0, 0.05) is 12.6 Å². The number of hydrogen-bond donors (Lipinski definition) is 2. The van der Waals surface area contributed by atoms with Crippen LogP contribution < -0.4 is 5.32 Å². The number of nitrogens with one attached hydrogen (secondary N) is 1. The molecular weight excluding hydrogens is 278 g/mol. The molecule has 0 fully saturated rings. The Morgan fingerprint density at radius 2 is 2.15 bits per heavy atom. The monoisotopic (exact) mass is 299 g/mol. The van der Waals surface area contributed by atoms with Crippen molar-refractivity contribution in [1.82, 2.24) is 9.88 Å². The zero-order chi connectivity index (χ0) is 15.1. The summed E-state index contributed by atoms with van der Waals surface area (Å²) in [6.45, 7) is 6.02. The molecule has 20 heavy (non-hydrogen) atoms. The first kappa shape index (κ1) is 16.7. The molecule has 0 amide bonds. The van der Waals surface area contributed by atoms with E-state index >= 15 is 0 Å². The Labute approximate surface area is 125 Å². The molecule has 0 aliphatic rings. The van der Waals surface area contributed by atoms with Crippen molar-refractivity contribution in [3.8, 4) is 0 Å². The van der Waals surface area contributed by atoms with Crippen LogP contribution >= 0.6 is 11.6 Å². The van der Waals surface area contributed by atoms with Crippen LogP contribution in [0.15, 0.2) is 12.1 Å². The zero-order valence-electron chi connectivity index (χ0n) is 12.2. The minimum absolute atomic E-state index is 0.147. The molecule has 112 valence electrons. The molecule has 6 heteroatoms. The van der Waals surface area contributed by atoms with E-state index in [0.717, 1.165) is 19.4 Å². The van der Waals surface area contributed by atoms with Gasteiger partial charge in [-0.15, -0.1) is 0 Å². The van der Waals surface area contributed by atoms with E-state index in [1.807, 2.05) is 0 Å². The van der Waals surface area contributed by atoms with Gasteiger partial charge in [0.1, 0.15) is 16.5 Å². The van der Waals surface area contributed by atoms with Gasteiger partial charge in [-0.25, -0.2) is 9.78 Å². The lowest BCUT2D eigenvalue weighted by atomic mass is 10.2. The molecular formula is C14H22ClN3O2. The molecule has 0 radical (unpaired) electrons. The molecule has 0 unspecified atom stereocenters. The molecule has 0 aliphatic carbocycles. The van der Waals surface area contributed by atoms with Crippen LogP contribution in [0.5, 0.6) is 0 Å². The average Bonchev–Trinajstić information content (AvgIpc) is 2.37. The molecule has 0 saturated carbocycles. The zero-order valence-corrected chi connectivity index (χ0v) is 12.9. The van der Waals surface area contributed by atoms with E-state index in [4.69, 9.17) is 16.7 Å². The number of nitrogens with zero attached hydrogens (tertiary/aromatic N) is 2. The number of hydrogen-bond acceptors (Lipinski definition) is 4. The van der Waals surface area contributed by atoms with Crippen molar-refractivity contribution < 1.29 is 9.90 Å². The molecule has 0 aromatic carbocycles. The Hall–Kier alpha value is -1.33. The molecule has 2 N–H and O–H groups in total. The number of carboxylic acid groups (broad SMARTS) is 1. The Morgan fingerprint density at radius 3 is 2.75 bits per heavy atom. The lowest BCUT2D eigenvalue weighted by Crippen LogP contribution is -2.27. The van der Waals surface area contributed by atoms with Crippen molar-refractivity contribution in [2.24, 2.45) is 0 Å². The van der Waals surface area contributed by atoms with Crippen LogP contribution in [0.25, 0.3) is 0 Å². The van der Waals surface area contributed by atoms with Crippen molar-refractivity contribution in [2.45, 2.75) is 32.7 Å². The maximum Gasteiger partial charge on any atom is 0.339 e. The third-order valence-electron chi connectivity index (χ3n) is 3.20. The molecule has 0 saturated heterocycles. The second-order valence-electron chi connectivity index (χ2n) is 5.04. The van der Waals surface area contributed by atoms with Crippen LogP contribution in [0.4, 0.5) is 5.82 Å². The van der Waals surface area contributed by atoms with Crippen LogP contribution in [-0.2, 0) is 0 Å². The fraction of sp³-hybridized carbons (Fsp3) is 0.571. The molecule has 0 bridgehead atoms. The lowest BCUT2D eigenvalue weighted by molar-refractivity contribution is 0.0697. The van der Waals surface area contributed by atoms with Gasteiger partial charge in [-0.2, -0.15) is 0 Å². The topological polar surface area (TPSA) is 65.5 Å². The number of carboxylic acids is 1. The van der Waals surface area contributed by atoms with Crippen molar-refractivity contribution >= 4 is 23.4 Å². The minimum atomic E-state index is -1.00. The quantitative estimate of drug-likeness (QED) is 0.571. The van der Waals surface area contributed by atoms with Crippen LogP contribution in [0.1, 0.15) is 37.0 Å². The summed E-state index contributed by atoms with van der Waals surface area (Å²) in [6.07, 6.45) is 2.00. The van der Waals surface area contributed by atoms with E-state index in [0.29, 0.717) is 18.4 Å². The van der Waals surface area contributed by atoms with Gasteiger partial charge in [-0.1, -0.05) is 11.6 Å².